The van der Waals surface area contributed by atoms with Crippen LogP contribution >= 0.6 is 23.4 Å². The Kier molecular flexibility index (Phi) is 4.68. The van der Waals surface area contributed by atoms with Crippen LogP contribution in [-0.2, 0) is 7.05 Å². The van der Waals surface area contributed by atoms with Crippen molar-refractivity contribution in [1.29, 1.82) is 0 Å². The maximum Gasteiger partial charge on any atom is 0.191 e. The molecular formula is C17H15ClFN3S. The second-order valence-corrected chi connectivity index (χ2v) is 6.93. The summed E-state index contributed by atoms with van der Waals surface area (Å²) in [5, 5.41) is 10.2. The van der Waals surface area contributed by atoms with Gasteiger partial charge in [-0.15, -0.1) is 10.2 Å². The number of aromatic nitrogens is 3. The van der Waals surface area contributed by atoms with E-state index in [1.807, 2.05) is 35.9 Å². The lowest BCUT2D eigenvalue weighted by Gasteiger charge is -2.11. The number of halogens is 2. The van der Waals surface area contributed by atoms with Gasteiger partial charge in [-0.05, 0) is 48.9 Å². The third-order valence-corrected chi connectivity index (χ3v) is 5.00. The van der Waals surface area contributed by atoms with Crippen molar-refractivity contribution >= 4 is 23.4 Å². The maximum atomic E-state index is 13.0. The van der Waals surface area contributed by atoms with Gasteiger partial charge in [-0.1, -0.05) is 35.5 Å². The lowest BCUT2D eigenvalue weighted by molar-refractivity contribution is 0.627. The van der Waals surface area contributed by atoms with Crippen LogP contribution in [-0.4, -0.2) is 14.8 Å². The van der Waals surface area contributed by atoms with Gasteiger partial charge in [0.05, 0.1) is 0 Å². The molecule has 3 rings (SSSR count). The number of hydrogen-bond acceptors (Lipinski definition) is 3. The lowest BCUT2D eigenvalue weighted by Crippen LogP contribution is -1.97. The van der Waals surface area contributed by atoms with Crippen molar-refractivity contribution in [2.45, 2.75) is 17.3 Å². The molecule has 0 bridgehead atoms. The Morgan fingerprint density at radius 3 is 2.35 bits per heavy atom. The van der Waals surface area contributed by atoms with Gasteiger partial charge in [0.25, 0.3) is 0 Å². The van der Waals surface area contributed by atoms with Gasteiger partial charge in [0.2, 0.25) is 0 Å². The van der Waals surface area contributed by atoms with Crippen molar-refractivity contribution in [1.82, 2.24) is 14.8 Å². The average Bonchev–Trinajstić information content (AvgIpc) is 2.90. The Balaban J connectivity index is 1.81. The topological polar surface area (TPSA) is 30.7 Å². The Labute approximate surface area is 143 Å². The number of rotatable bonds is 4. The van der Waals surface area contributed by atoms with Gasteiger partial charge in [-0.2, -0.15) is 0 Å². The van der Waals surface area contributed by atoms with Crippen LogP contribution in [0.15, 0.2) is 53.7 Å². The SMILES string of the molecule is CC(Sc1nnc(-c2ccc(Cl)cc2)n1C)c1ccc(F)cc1. The molecule has 2 aromatic carbocycles. The standard InChI is InChI=1S/C17H15ClFN3S/c1-11(12-5-9-15(19)10-6-12)23-17-21-20-16(22(17)2)13-3-7-14(18)8-4-13/h3-11H,1-2H3. The van der Waals surface area contributed by atoms with Gasteiger partial charge >= 0.3 is 0 Å². The minimum absolute atomic E-state index is 0.150. The van der Waals surface area contributed by atoms with Gasteiger partial charge in [-0.25, -0.2) is 4.39 Å². The first kappa shape index (κ1) is 16.0. The molecule has 0 fully saturated rings. The van der Waals surface area contributed by atoms with Crippen LogP contribution in [0.25, 0.3) is 11.4 Å². The molecule has 0 saturated heterocycles. The van der Waals surface area contributed by atoms with Gasteiger partial charge < -0.3 is 4.57 Å². The fourth-order valence-electron chi connectivity index (χ4n) is 2.23. The van der Waals surface area contributed by atoms with Crippen molar-refractivity contribution in [2.24, 2.45) is 7.05 Å². The summed E-state index contributed by atoms with van der Waals surface area (Å²) < 4.78 is 15.0. The Morgan fingerprint density at radius 1 is 1.04 bits per heavy atom. The normalized spacial score (nSPS) is 12.3. The molecule has 0 aliphatic heterocycles. The van der Waals surface area contributed by atoms with E-state index in [1.54, 1.807) is 23.9 Å². The molecule has 3 nitrogen and oxygen atoms in total. The van der Waals surface area contributed by atoms with Crippen LogP contribution in [0.4, 0.5) is 4.39 Å². The first-order chi connectivity index (χ1) is 11.0. The molecule has 0 N–H and O–H groups in total. The van der Waals surface area contributed by atoms with E-state index in [1.165, 1.54) is 12.1 Å². The second-order valence-electron chi connectivity index (χ2n) is 5.18. The van der Waals surface area contributed by atoms with Gasteiger partial charge in [0.1, 0.15) is 5.82 Å². The zero-order chi connectivity index (χ0) is 16.4. The largest absolute Gasteiger partial charge is 0.305 e. The summed E-state index contributed by atoms with van der Waals surface area (Å²) in [4.78, 5) is 0. The smallest absolute Gasteiger partial charge is 0.191 e. The molecule has 1 aromatic heterocycles. The predicted octanol–water partition coefficient (Wildman–Crippen LogP) is 5.13. The highest BCUT2D eigenvalue weighted by molar-refractivity contribution is 7.99. The first-order valence-electron chi connectivity index (χ1n) is 7.12. The monoisotopic (exact) mass is 347 g/mol. The molecule has 23 heavy (non-hydrogen) atoms. The van der Waals surface area contributed by atoms with E-state index in [2.05, 4.69) is 17.1 Å². The number of hydrogen-bond donors (Lipinski definition) is 0. The highest BCUT2D eigenvalue weighted by atomic mass is 35.5. The van der Waals surface area contributed by atoms with E-state index >= 15 is 0 Å². The van der Waals surface area contributed by atoms with Gasteiger partial charge in [0.15, 0.2) is 11.0 Å². The van der Waals surface area contributed by atoms with E-state index in [-0.39, 0.29) is 11.1 Å². The molecule has 0 saturated carbocycles. The summed E-state index contributed by atoms with van der Waals surface area (Å²) in [5.41, 5.74) is 2.01. The Morgan fingerprint density at radius 2 is 1.70 bits per heavy atom. The van der Waals surface area contributed by atoms with E-state index in [0.717, 1.165) is 22.1 Å². The molecule has 0 aliphatic carbocycles. The van der Waals surface area contributed by atoms with Crippen LogP contribution in [0, 0.1) is 5.82 Å². The molecule has 0 radical (unpaired) electrons. The molecular weight excluding hydrogens is 333 g/mol. The molecule has 1 unspecified atom stereocenters. The van der Waals surface area contributed by atoms with Crippen molar-refractivity contribution < 1.29 is 4.39 Å². The molecule has 0 aliphatic rings. The van der Waals surface area contributed by atoms with Crippen LogP contribution < -0.4 is 0 Å². The number of nitrogens with zero attached hydrogens (tertiary/aromatic N) is 3. The average molecular weight is 348 g/mol. The summed E-state index contributed by atoms with van der Waals surface area (Å²) >= 11 is 7.51. The molecule has 1 heterocycles. The van der Waals surface area contributed by atoms with Crippen LogP contribution in [0.1, 0.15) is 17.7 Å². The summed E-state index contributed by atoms with van der Waals surface area (Å²) in [7, 11) is 1.93. The highest BCUT2D eigenvalue weighted by Gasteiger charge is 2.15. The Hall–Kier alpha value is -1.85. The summed E-state index contributed by atoms with van der Waals surface area (Å²) in [6.07, 6.45) is 0. The second kappa shape index (κ2) is 6.72. The number of benzene rings is 2. The fraction of sp³-hybridized carbons (Fsp3) is 0.176. The minimum atomic E-state index is -0.227. The van der Waals surface area contributed by atoms with Crippen LogP contribution in [0.2, 0.25) is 5.02 Å². The molecule has 0 amide bonds. The third kappa shape index (κ3) is 3.57. The van der Waals surface area contributed by atoms with Crippen LogP contribution in [0.5, 0.6) is 0 Å². The zero-order valence-electron chi connectivity index (χ0n) is 12.7. The van der Waals surface area contributed by atoms with Crippen molar-refractivity contribution in [3.05, 3.63) is 64.9 Å². The summed E-state index contributed by atoms with van der Waals surface area (Å²) in [6.45, 7) is 2.06. The van der Waals surface area contributed by atoms with Crippen molar-refractivity contribution in [3.63, 3.8) is 0 Å². The number of thioether (sulfide) groups is 1. The third-order valence-electron chi connectivity index (χ3n) is 3.56. The van der Waals surface area contributed by atoms with E-state index in [0.29, 0.717) is 5.02 Å². The molecule has 118 valence electrons. The van der Waals surface area contributed by atoms with E-state index in [9.17, 15) is 4.39 Å². The molecule has 0 spiro atoms. The zero-order valence-corrected chi connectivity index (χ0v) is 14.3. The minimum Gasteiger partial charge on any atom is -0.305 e. The van der Waals surface area contributed by atoms with Gasteiger partial charge in [0, 0.05) is 22.9 Å². The molecule has 6 heteroatoms. The summed E-state index contributed by atoms with van der Waals surface area (Å²) in [5.74, 6) is 0.560. The van der Waals surface area contributed by atoms with Crippen molar-refractivity contribution in [2.75, 3.05) is 0 Å². The highest BCUT2D eigenvalue weighted by Crippen LogP contribution is 2.34. The lowest BCUT2D eigenvalue weighted by atomic mass is 10.2. The van der Waals surface area contributed by atoms with Crippen LogP contribution in [0.3, 0.4) is 0 Å². The fourth-order valence-corrected chi connectivity index (χ4v) is 3.30. The first-order valence-corrected chi connectivity index (χ1v) is 8.38. The van der Waals surface area contributed by atoms with Gasteiger partial charge in [-0.3, -0.25) is 0 Å². The summed E-state index contributed by atoms with van der Waals surface area (Å²) in [6, 6.07) is 14.0. The predicted molar refractivity (Wildman–Crippen MR) is 92.1 cm³/mol. The van der Waals surface area contributed by atoms with E-state index < -0.39 is 0 Å². The Bertz CT molecular complexity index is 800. The quantitative estimate of drug-likeness (QED) is 0.613. The molecule has 3 aromatic rings. The molecule has 1 atom stereocenters. The maximum absolute atomic E-state index is 13.0. The van der Waals surface area contributed by atoms with Crippen molar-refractivity contribution in [3.8, 4) is 11.4 Å². The van der Waals surface area contributed by atoms with E-state index in [4.69, 9.17) is 11.6 Å².